The third-order valence-electron chi connectivity index (χ3n) is 4.09. The molecule has 2 rings (SSSR count). The first-order valence-corrected chi connectivity index (χ1v) is 8.27. The van der Waals surface area contributed by atoms with Crippen molar-refractivity contribution in [2.75, 3.05) is 31.3 Å². The van der Waals surface area contributed by atoms with Gasteiger partial charge in [0.15, 0.2) is 9.84 Å². The molecule has 100 valence electrons. The molecule has 2 saturated heterocycles. The summed E-state index contributed by atoms with van der Waals surface area (Å²) >= 11 is 0. The van der Waals surface area contributed by atoms with Crippen molar-refractivity contribution in [3.8, 4) is 0 Å². The quantitative estimate of drug-likeness (QED) is 0.814. The van der Waals surface area contributed by atoms with Gasteiger partial charge in [-0.25, -0.2) is 8.42 Å². The van der Waals surface area contributed by atoms with Crippen LogP contribution in [0.5, 0.6) is 0 Å². The molecular formula is C12H23NO3S. The Balaban J connectivity index is 2.06. The molecule has 2 aliphatic rings. The number of hydrogen-bond donors (Lipinski definition) is 1. The summed E-state index contributed by atoms with van der Waals surface area (Å²) in [5.41, 5.74) is 0.0494. The minimum Gasteiger partial charge on any atom is -0.381 e. The fourth-order valence-corrected chi connectivity index (χ4v) is 4.86. The molecule has 0 saturated carbocycles. The first-order valence-electron chi connectivity index (χ1n) is 6.45. The SMILES string of the molecule is CC(C)NCC1(C2CCS(=O)(=O)C2)CCOC1. The van der Waals surface area contributed by atoms with Crippen LogP contribution in [-0.2, 0) is 14.6 Å². The van der Waals surface area contributed by atoms with Crippen LogP contribution < -0.4 is 5.32 Å². The molecule has 0 bridgehead atoms. The van der Waals surface area contributed by atoms with Crippen LogP contribution >= 0.6 is 0 Å². The zero-order valence-electron chi connectivity index (χ0n) is 10.7. The average molecular weight is 261 g/mol. The number of hydrogen-bond acceptors (Lipinski definition) is 4. The molecule has 0 radical (unpaired) electrons. The highest BCUT2D eigenvalue weighted by molar-refractivity contribution is 7.91. The Morgan fingerprint density at radius 2 is 2.24 bits per heavy atom. The second-order valence-corrected chi connectivity index (χ2v) is 8.03. The van der Waals surface area contributed by atoms with Crippen LogP contribution in [0.25, 0.3) is 0 Å². The fraction of sp³-hybridized carbons (Fsp3) is 1.00. The summed E-state index contributed by atoms with van der Waals surface area (Å²) in [6, 6.07) is 0.436. The van der Waals surface area contributed by atoms with E-state index in [2.05, 4.69) is 19.2 Å². The van der Waals surface area contributed by atoms with E-state index in [-0.39, 0.29) is 11.3 Å². The Kier molecular flexibility index (Phi) is 3.80. The molecule has 2 unspecified atom stereocenters. The third kappa shape index (κ3) is 3.01. The Bertz CT molecular complexity index is 358. The molecule has 2 atom stereocenters. The van der Waals surface area contributed by atoms with E-state index in [1.807, 2.05) is 0 Å². The maximum Gasteiger partial charge on any atom is 0.150 e. The summed E-state index contributed by atoms with van der Waals surface area (Å²) in [5, 5.41) is 3.46. The second kappa shape index (κ2) is 4.86. The lowest BCUT2D eigenvalue weighted by molar-refractivity contribution is 0.111. The maximum absolute atomic E-state index is 11.6. The van der Waals surface area contributed by atoms with Crippen molar-refractivity contribution < 1.29 is 13.2 Å². The molecule has 0 spiro atoms. The van der Waals surface area contributed by atoms with Gasteiger partial charge in [0.1, 0.15) is 0 Å². The Labute approximate surface area is 104 Å². The van der Waals surface area contributed by atoms with E-state index >= 15 is 0 Å². The van der Waals surface area contributed by atoms with Crippen LogP contribution in [0.3, 0.4) is 0 Å². The molecule has 2 heterocycles. The lowest BCUT2D eigenvalue weighted by Crippen LogP contribution is -2.43. The minimum atomic E-state index is -2.79. The highest BCUT2D eigenvalue weighted by atomic mass is 32.2. The van der Waals surface area contributed by atoms with Gasteiger partial charge in [-0.3, -0.25) is 0 Å². The maximum atomic E-state index is 11.6. The molecule has 0 aliphatic carbocycles. The predicted octanol–water partition coefficient (Wildman–Crippen LogP) is 0.826. The molecule has 2 aliphatic heterocycles. The van der Waals surface area contributed by atoms with Crippen molar-refractivity contribution in [1.82, 2.24) is 5.32 Å². The van der Waals surface area contributed by atoms with Crippen molar-refractivity contribution in [2.45, 2.75) is 32.7 Å². The van der Waals surface area contributed by atoms with Gasteiger partial charge in [0.05, 0.1) is 18.1 Å². The highest BCUT2D eigenvalue weighted by Gasteiger charge is 2.46. The van der Waals surface area contributed by atoms with Crippen molar-refractivity contribution in [3.63, 3.8) is 0 Å². The van der Waals surface area contributed by atoms with E-state index in [4.69, 9.17) is 4.74 Å². The van der Waals surface area contributed by atoms with E-state index < -0.39 is 9.84 Å². The molecule has 0 aromatic rings. The van der Waals surface area contributed by atoms with Crippen LogP contribution in [0.2, 0.25) is 0 Å². The van der Waals surface area contributed by atoms with E-state index in [0.717, 1.165) is 26.0 Å². The van der Waals surface area contributed by atoms with Gasteiger partial charge in [0.2, 0.25) is 0 Å². The molecule has 2 fully saturated rings. The summed E-state index contributed by atoms with van der Waals surface area (Å²) in [5.74, 6) is 0.998. The van der Waals surface area contributed by atoms with Crippen molar-refractivity contribution >= 4 is 9.84 Å². The summed E-state index contributed by atoms with van der Waals surface area (Å²) < 4.78 is 28.8. The van der Waals surface area contributed by atoms with Gasteiger partial charge in [-0.05, 0) is 18.8 Å². The summed E-state index contributed by atoms with van der Waals surface area (Å²) in [6.45, 7) is 6.61. The summed E-state index contributed by atoms with van der Waals surface area (Å²) in [7, 11) is -2.79. The van der Waals surface area contributed by atoms with Crippen LogP contribution in [0, 0.1) is 11.3 Å². The zero-order chi connectivity index (χ0) is 12.5. The van der Waals surface area contributed by atoms with Crippen LogP contribution in [0.15, 0.2) is 0 Å². The summed E-state index contributed by atoms with van der Waals surface area (Å²) in [4.78, 5) is 0. The summed E-state index contributed by atoms with van der Waals surface area (Å²) in [6.07, 6.45) is 1.80. The monoisotopic (exact) mass is 261 g/mol. The van der Waals surface area contributed by atoms with E-state index in [1.54, 1.807) is 0 Å². The number of rotatable bonds is 4. The normalized spacial score (nSPS) is 36.8. The Morgan fingerprint density at radius 3 is 2.71 bits per heavy atom. The number of ether oxygens (including phenoxy) is 1. The smallest absolute Gasteiger partial charge is 0.150 e. The van der Waals surface area contributed by atoms with Gasteiger partial charge in [0.25, 0.3) is 0 Å². The molecule has 4 nitrogen and oxygen atoms in total. The lowest BCUT2D eigenvalue weighted by Gasteiger charge is -2.34. The minimum absolute atomic E-state index is 0.0494. The van der Waals surface area contributed by atoms with Crippen LogP contribution in [0.4, 0.5) is 0 Å². The Hall–Kier alpha value is -0.130. The first kappa shape index (κ1) is 13.3. The molecular weight excluding hydrogens is 238 g/mol. The molecule has 1 N–H and O–H groups in total. The van der Waals surface area contributed by atoms with Gasteiger partial charge >= 0.3 is 0 Å². The van der Waals surface area contributed by atoms with Gasteiger partial charge in [-0.2, -0.15) is 0 Å². The number of sulfone groups is 1. The van der Waals surface area contributed by atoms with Crippen molar-refractivity contribution in [1.29, 1.82) is 0 Å². The fourth-order valence-electron chi connectivity index (χ4n) is 2.91. The van der Waals surface area contributed by atoms with E-state index in [1.165, 1.54) is 0 Å². The molecule has 5 heteroatoms. The Morgan fingerprint density at radius 1 is 1.47 bits per heavy atom. The van der Waals surface area contributed by atoms with Gasteiger partial charge in [-0.15, -0.1) is 0 Å². The topological polar surface area (TPSA) is 55.4 Å². The number of nitrogens with one attached hydrogen (secondary N) is 1. The zero-order valence-corrected chi connectivity index (χ0v) is 11.6. The van der Waals surface area contributed by atoms with Gasteiger partial charge in [0, 0.05) is 24.6 Å². The molecule has 0 aromatic heterocycles. The van der Waals surface area contributed by atoms with Crippen molar-refractivity contribution in [2.24, 2.45) is 11.3 Å². The molecule has 17 heavy (non-hydrogen) atoms. The predicted molar refractivity (Wildman–Crippen MR) is 67.8 cm³/mol. The average Bonchev–Trinajstić information content (AvgIpc) is 2.82. The van der Waals surface area contributed by atoms with E-state index in [0.29, 0.717) is 24.2 Å². The second-order valence-electron chi connectivity index (χ2n) is 5.80. The van der Waals surface area contributed by atoms with E-state index in [9.17, 15) is 8.42 Å². The third-order valence-corrected chi connectivity index (χ3v) is 5.86. The van der Waals surface area contributed by atoms with Crippen molar-refractivity contribution in [3.05, 3.63) is 0 Å². The van der Waals surface area contributed by atoms with Crippen LogP contribution in [-0.4, -0.2) is 45.7 Å². The highest BCUT2D eigenvalue weighted by Crippen LogP contribution is 2.42. The largest absolute Gasteiger partial charge is 0.381 e. The van der Waals surface area contributed by atoms with Gasteiger partial charge in [-0.1, -0.05) is 13.8 Å². The molecule has 0 amide bonds. The van der Waals surface area contributed by atoms with Crippen LogP contribution in [0.1, 0.15) is 26.7 Å². The first-order chi connectivity index (χ1) is 7.94. The van der Waals surface area contributed by atoms with Gasteiger partial charge < -0.3 is 10.1 Å². The standard InChI is InChI=1S/C12H23NO3S/c1-10(2)13-8-12(4-5-16-9-12)11-3-6-17(14,15)7-11/h10-11,13H,3-9H2,1-2H3. The molecule has 0 aromatic carbocycles. The lowest BCUT2D eigenvalue weighted by atomic mass is 9.74.